The fraction of sp³-hybridized carbons (Fsp3) is 0.444. The molecule has 1 saturated heterocycles. The number of amides is 1. The van der Waals surface area contributed by atoms with E-state index >= 15 is 0 Å². The molecule has 0 radical (unpaired) electrons. The van der Waals surface area contributed by atoms with E-state index in [4.69, 9.17) is 9.47 Å². The minimum atomic E-state index is -0.625. The molecule has 0 aromatic heterocycles. The minimum absolute atomic E-state index is 0.201. The quantitative estimate of drug-likeness (QED) is 0.569. The average Bonchev–Trinajstić information content (AvgIpc) is 3.07. The summed E-state index contributed by atoms with van der Waals surface area (Å²) in [7, 11) is 3.16. The molecule has 0 saturated carbocycles. The highest BCUT2D eigenvalue weighted by atomic mass is 32.2. The fourth-order valence-electron chi connectivity index (χ4n) is 2.13. The number of benzene rings is 1. The third kappa shape index (κ3) is 5.19. The predicted octanol–water partition coefficient (Wildman–Crippen LogP) is 4.39. The Bertz CT molecular complexity index is 669. The maximum Gasteiger partial charge on any atom is 0.414 e. The van der Waals surface area contributed by atoms with E-state index in [1.807, 2.05) is 0 Å². The number of hydrogen-bond donors (Lipinski definition) is 0. The molecule has 1 fully saturated rings. The number of carbonyl (C=O) groups excluding carboxylic acids is 2. The molecular formula is C18H23NO4S2. The summed E-state index contributed by atoms with van der Waals surface area (Å²) in [5.41, 5.74) is 0.249. The molecule has 1 aliphatic heterocycles. The molecule has 5 nitrogen and oxygen atoms in total. The third-order valence-corrected chi connectivity index (χ3v) is 6.01. The topological polar surface area (TPSA) is 55.8 Å². The molecule has 0 unspecified atom stereocenters. The summed E-state index contributed by atoms with van der Waals surface area (Å²) in [5.74, 6) is 2.31. The number of carbonyl (C=O) groups is 2. The normalized spacial score (nSPS) is 14.2. The second kappa shape index (κ2) is 8.19. The highest BCUT2D eigenvalue weighted by molar-refractivity contribution is 8.25. The zero-order valence-corrected chi connectivity index (χ0v) is 16.8. The lowest BCUT2D eigenvalue weighted by atomic mass is 10.1. The molecule has 0 N–H and O–H groups in total. The molecule has 1 aromatic rings. The van der Waals surface area contributed by atoms with Crippen molar-refractivity contribution in [1.82, 2.24) is 4.90 Å². The van der Waals surface area contributed by atoms with Crippen molar-refractivity contribution >= 4 is 35.4 Å². The van der Waals surface area contributed by atoms with Crippen LogP contribution in [0.15, 0.2) is 34.2 Å². The molecule has 0 aliphatic carbocycles. The van der Waals surface area contributed by atoms with Gasteiger partial charge in [-0.15, -0.1) is 23.5 Å². The summed E-state index contributed by atoms with van der Waals surface area (Å²) in [6.07, 6.45) is -0.537. The molecular weight excluding hydrogens is 358 g/mol. The zero-order valence-electron chi connectivity index (χ0n) is 15.1. The van der Waals surface area contributed by atoms with Gasteiger partial charge in [0.2, 0.25) is 5.78 Å². The maximum absolute atomic E-state index is 13.1. The number of allylic oxidation sites excluding steroid dienone is 1. The standard InChI is InChI=1S/C18H23NO4S2/c1-18(2,3)23-17(21)19(4)14(16-24-10-11-25-16)15(20)12-6-8-13(22-5)9-7-12/h6-9H,10-11H2,1-5H3. The summed E-state index contributed by atoms with van der Waals surface area (Å²) in [5, 5.41) is 0. The summed E-state index contributed by atoms with van der Waals surface area (Å²) in [6.45, 7) is 5.40. The van der Waals surface area contributed by atoms with Crippen LogP contribution in [0.25, 0.3) is 0 Å². The molecule has 1 aromatic carbocycles. The molecule has 136 valence electrons. The third-order valence-electron chi connectivity index (χ3n) is 3.31. The van der Waals surface area contributed by atoms with Gasteiger partial charge in [-0.2, -0.15) is 0 Å². The number of rotatable bonds is 4. The largest absolute Gasteiger partial charge is 0.497 e. The fourth-order valence-corrected chi connectivity index (χ4v) is 4.73. The smallest absolute Gasteiger partial charge is 0.414 e. The van der Waals surface area contributed by atoms with Crippen molar-refractivity contribution < 1.29 is 19.1 Å². The van der Waals surface area contributed by atoms with Crippen molar-refractivity contribution in [2.45, 2.75) is 26.4 Å². The summed E-state index contributed by atoms with van der Waals surface area (Å²) >= 11 is 3.18. The Hall–Kier alpha value is -1.60. The molecule has 0 atom stereocenters. The SMILES string of the molecule is COc1ccc(C(=O)C(=C2SCCS2)N(C)C(=O)OC(C)(C)C)cc1. The Kier molecular flexibility index (Phi) is 6.46. The summed E-state index contributed by atoms with van der Waals surface area (Å²) in [6, 6.07) is 6.87. The van der Waals surface area contributed by atoms with E-state index in [1.165, 1.54) is 4.90 Å². The number of ether oxygens (including phenoxy) is 2. The van der Waals surface area contributed by atoms with Crippen molar-refractivity contribution in [1.29, 1.82) is 0 Å². The highest BCUT2D eigenvalue weighted by Crippen LogP contribution is 2.40. The van der Waals surface area contributed by atoms with E-state index in [0.717, 1.165) is 15.7 Å². The van der Waals surface area contributed by atoms with Crippen LogP contribution in [-0.4, -0.2) is 48.0 Å². The van der Waals surface area contributed by atoms with Crippen molar-refractivity contribution in [3.8, 4) is 5.75 Å². The number of methoxy groups -OCH3 is 1. The van der Waals surface area contributed by atoms with Gasteiger partial charge in [0.15, 0.2) is 0 Å². The number of hydrogen-bond acceptors (Lipinski definition) is 6. The minimum Gasteiger partial charge on any atom is -0.497 e. The van der Waals surface area contributed by atoms with Crippen LogP contribution < -0.4 is 4.74 Å². The number of nitrogens with zero attached hydrogens (tertiary/aromatic N) is 1. The predicted molar refractivity (Wildman–Crippen MR) is 103 cm³/mol. The summed E-state index contributed by atoms with van der Waals surface area (Å²) in [4.78, 5) is 26.9. The van der Waals surface area contributed by atoms with Crippen molar-refractivity contribution in [2.75, 3.05) is 25.7 Å². The van der Waals surface area contributed by atoms with Crippen LogP contribution >= 0.6 is 23.5 Å². The lowest BCUT2D eigenvalue weighted by Gasteiger charge is -2.26. The van der Waals surface area contributed by atoms with Gasteiger partial charge in [-0.25, -0.2) is 4.79 Å². The molecule has 1 amide bonds. The van der Waals surface area contributed by atoms with Gasteiger partial charge in [0.05, 0.1) is 11.3 Å². The van der Waals surface area contributed by atoms with E-state index in [2.05, 4.69) is 0 Å². The average molecular weight is 382 g/mol. The first-order valence-electron chi connectivity index (χ1n) is 7.88. The van der Waals surface area contributed by atoms with Crippen molar-refractivity contribution in [2.24, 2.45) is 0 Å². The number of Topliss-reactive ketones (excluding diaryl/α,β-unsaturated/α-hetero) is 1. The molecule has 1 heterocycles. The molecule has 7 heteroatoms. The Morgan fingerprint density at radius 3 is 2.12 bits per heavy atom. The van der Waals surface area contributed by atoms with Crippen molar-refractivity contribution in [3.05, 3.63) is 39.8 Å². The van der Waals surface area contributed by atoms with Crippen LogP contribution in [0, 0.1) is 0 Å². The van der Waals surface area contributed by atoms with Gasteiger partial charge < -0.3 is 9.47 Å². The number of ketones is 1. The molecule has 2 rings (SSSR count). The first-order valence-corrected chi connectivity index (χ1v) is 9.85. The molecule has 0 spiro atoms. The zero-order chi connectivity index (χ0) is 18.6. The van der Waals surface area contributed by atoms with Gasteiger partial charge in [0.1, 0.15) is 17.0 Å². The van der Waals surface area contributed by atoms with E-state index in [9.17, 15) is 9.59 Å². The van der Waals surface area contributed by atoms with Gasteiger partial charge in [-0.05, 0) is 45.0 Å². The monoisotopic (exact) mass is 381 g/mol. The molecule has 1 aliphatic rings. The van der Waals surface area contributed by atoms with Gasteiger partial charge >= 0.3 is 6.09 Å². The van der Waals surface area contributed by atoms with Gasteiger partial charge in [-0.3, -0.25) is 9.69 Å². The second-order valence-electron chi connectivity index (χ2n) is 6.43. The van der Waals surface area contributed by atoms with Crippen LogP contribution in [0.2, 0.25) is 0 Å². The van der Waals surface area contributed by atoms with Crippen LogP contribution in [0.5, 0.6) is 5.75 Å². The van der Waals surface area contributed by atoms with Crippen LogP contribution in [-0.2, 0) is 4.74 Å². The van der Waals surface area contributed by atoms with Crippen LogP contribution in [0.3, 0.4) is 0 Å². The summed E-state index contributed by atoms with van der Waals surface area (Å²) < 4.78 is 11.4. The second-order valence-corrected chi connectivity index (χ2v) is 8.90. The van der Waals surface area contributed by atoms with Crippen LogP contribution in [0.4, 0.5) is 4.79 Å². The Morgan fingerprint density at radius 1 is 1.08 bits per heavy atom. The van der Waals surface area contributed by atoms with E-state index in [0.29, 0.717) is 17.0 Å². The van der Waals surface area contributed by atoms with Crippen molar-refractivity contribution in [3.63, 3.8) is 0 Å². The lowest BCUT2D eigenvalue weighted by Crippen LogP contribution is -2.36. The number of likely N-dealkylation sites (N-methyl/N-ethyl adjacent to an activating group) is 1. The van der Waals surface area contributed by atoms with E-state index < -0.39 is 11.7 Å². The Balaban J connectivity index is 2.34. The van der Waals surface area contributed by atoms with E-state index in [-0.39, 0.29) is 5.78 Å². The highest BCUT2D eigenvalue weighted by Gasteiger charge is 2.30. The first kappa shape index (κ1) is 19.7. The van der Waals surface area contributed by atoms with Gasteiger partial charge in [0, 0.05) is 24.1 Å². The van der Waals surface area contributed by atoms with E-state index in [1.54, 1.807) is 82.7 Å². The van der Waals surface area contributed by atoms with Gasteiger partial charge in [0.25, 0.3) is 0 Å². The number of thioether (sulfide) groups is 2. The Labute approximate surface area is 157 Å². The maximum atomic E-state index is 13.1. The lowest BCUT2D eigenvalue weighted by molar-refractivity contribution is 0.0345. The first-order chi connectivity index (χ1) is 11.7. The molecule has 25 heavy (non-hydrogen) atoms. The molecule has 0 bridgehead atoms. The Morgan fingerprint density at radius 2 is 1.64 bits per heavy atom. The van der Waals surface area contributed by atoms with Crippen LogP contribution in [0.1, 0.15) is 31.1 Å². The van der Waals surface area contributed by atoms with Gasteiger partial charge in [-0.1, -0.05) is 0 Å².